The Hall–Kier alpha value is -0.0800. The van der Waals surface area contributed by atoms with Gasteiger partial charge in [0.05, 0.1) is 0 Å². The van der Waals surface area contributed by atoms with Crippen molar-refractivity contribution >= 4 is 0 Å². The molecule has 0 heterocycles. The number of hydrogen-bond acceptors (Lipinski definition) is 2. The Balaban J connectivity index is 3.08. The summed E-state index contributed by atoms with van der Waals surface area (Å²) >= 11 is 0. The molecule has 0 fully saturated rings. The van der Waals surface area contributed by atoms with Gasteiger partial charge in [-0.2, -0.15) is 0 Å². The van der Waals surface area contributed by atoms with E-state index in [4.69, 9.17) is 4.74 Å². The van der Waals surface area contributed by atoms with Gasteiger partial charge in [-0.15, -0.1) is 0 Å². The highest BCUT2D eigenvalue weighted by atomic mass is 16.5. The third-order valence-corrected chi connectivity index (χ3v) is 2.03. The Morgan fingerprint density at radius 3 is 2.42 bits per heavy atom. The summed E-state index contributed by atoms with van der Waals surface area (Å²) in [5, 5.41) is 0. The van der Waals surface area contributed by atoms with Crippen LogP contribution >= 0.6 is 0 Å². The smallest absolute Gasteiger partial charge is 0.0478 e. The van der Waals surface area contributed by atoms with Gasteiger partial charge in [-0.05, 0) is 33.7 Å². The standard InChI is InChI=1S/C10H23NO/c1-5-8-12-9-6-7-11(4)10(2)3/h10H,5-9H2,1-4H3. The van der Waals surface area contributed by atoms with Crippen LogP contribution in [0.2, 0.25) is 0 Å². The lowest BCUT2D eigenvalue weighted by Gasteiger charge is -2.20. The van der Waals surface area contributed by atoms with Gasteiger partial charge in [0.1, 0.15) is 0 Å². The summed E-state index contributed by atoms with van der Waals surface area (Å²) in [6.45, 7) is 9.53. The van der Waals surface area contributed by atoms with Gasteiger partial charge in [0, 0.05) is 25.8 Å². The second-order valence-corrected chi connectivity index (χ2v) is 3.54. The van der Waals surface area contributed by atoms with E-state index in [9.17, 15) is 0 Å². The third kappa shape index (κ3) is 6.62. The van der Waals surface area contributed by atoms with Crippen LogP contribution in [0.1, 0.15) is 33.6 Å². The van der Waals surface area contributed by atoms with E-state index in [2.05, 4.69) is 32.7 Å². The van der Waals surface area contributed by atoms with Crippen LogP contribution in [0.25, 0.3) is 0 Å². The van der Waals surface area contributed by atoms with Gasteiger partial charge in [0.2, 0.25) is 0 Å². The molecule has 0 aliphatic rings. The molecular formula is C10H23NO. The first-order valence-electron chi connectivity index (χ1n) is 4.96. The summed E-state index contributed by atoms with van der Waals surface area (Å²) in [6.07, 6.45) is 2.27. The first-order valence-corrected chi connectivity index (χ1v) is 4.96. The minimum Gasteiger partial charge on any atom is -0.381 e. The molecule has 0 aromatic rings. The fourth-order valence-electron chi connectivity index (χ4n) is 0.921. The van der Waals surface area contributed by atoms with E-state index in [1.54, 1.807) is 0 Å². The highest BCUT2D eigenvalue weighted by Crippen LogP contribution is 1.95. The molecule has 0 amide bonds. The quantitative estimate of drug-likeness (QED) is 0.547. The van der Waals surface area contributed by atoms with Crippen LogP contribution in [0, 0.1) is 0 Å². The normalized spacial score (nSPS) is 11.5. The second-order valence-electron chi connectivity index (χ2n) is 3.54. The molecule has 12 heavy (non-hydrogen) atoms. The molecule has 0 unspecified atom stereocenters. The molecule has 0 spiro atoms. The summed E-state index contributed by atoms with van der Waals surface area (Å²) < 4.78 is 5.39. The lowest BCUT2D eigenvalue weighted by Crippen LogP contribution is -2.27. The van der Waals surface area contributed by atoms with Crippen molar-refractivity contribution in [1.29, 1.82) is 0 Å². The second kappa shape index (κ2) is 7.56. The van der Waals surface area contributed by atoms with Crippen LogP contribution in [0.15, 0.2) is 0 Å². The Labute approximate surface area is 76.9 Å². The zero-order valence-electron chi connectivity index (χ0n) is 8.97. The third-order valence-electron chi connectivity index (χ3n) is 2.03. The van der Waals surface area contributed by atoms with Crippen LogP contribution in [0.5, 0.6) is 0 Å². The molecule has 2 nitrogen and oxygen atoms in total. The number of ether oxygens (including phenoxy) is 1. The monoisotopic (exact) mass is 173 g/mol. The average molecular weight is 173 g/mol. The van der Waals surface area contributed by atoms with Crippen LogP contribution in [0.4, 0.5) is 0 Å². The van der Waals surface area contributed by atoms with Crippen LogP contribution in [0.3, 0.4) is 0 Å². The van der Waals surface area contributed by atoms with Gasteiger partial charge >= 0.3 is 0 Å². The van der Waals surface area contributed by atoms with E-state index < -0.39 is 0 Å². The molecule has 74 valence electrons. The van der Waals surface area contributed by atoms with E-state index in [0.717, 1.165) is 32.6 Å². The van der Waals surface area contributed by atoms with Crippen molar-refractivity contribution < 1.29 is 4.74 Å². The molecule has 0 aromatic carbocycles. The Kier molecular flexibility index (Phi) is 7.51. The summed E-state index contributed by atoms with van der Waals surface area (Å²) in [7, 11) is 2.16. The zero-order chi connectivity index (χ0) is 9.40. The fraction of sp³-hybridized carbons (Fsp3) is 1.00. The predicted octanol–water partition coefficient (Wildman–Crippen LogP) is 2.14. The molecule has 2 heteroatoms. The Morgan fingerprint density at radius 2 is 1.92 bits per heavy atom. The molecule has 0 N–H and O–H groups in total. The zero-order valence-corrected chi connectivity index (χ0v) is 8.97. The molecule has 0 aromatic heterocycles. The van der Waals surface area contributed by atoms with E-state index in [0.29, 0.717) is 6.04 Å². The van der Waals surface area contributed by atoms with Gasteiger partial charge in [-0.25, -0.2) is 0 Å². The number of rotatable bonds is 7. The summed E-state index contributed by atoms with van der Waals surface area (Å²) in [4.78, 5) is 2.34. The SMILES string of the molecule is CCCOCCCN(C)C(C)C. The Bertz CT molecular complexity index is 93.8. The molecule has 0 bridgehead atoms. The van der Waals surface area contributed by atoms with Crippen molar-refractivity contribution in [3.63, 3.8) is 0 Å². The fourth-order valence-corrected chi connectivity index (χ4v) is 0.921. The van der Waals surface area contributed by atoms with Crippen LogP contribution in [-0.2, 0) is 4.74 Å². The van der Waals surface area contributed by atoms with Crippen molar-refractivity contribution in [1.82, 2.24) is 4.90 Å². The van der Waals surface area contributed by atoms with Gasteiger partial charge in [-0.3, -0.25) is 0 Å². The molecule has 0 rings (SSSR count). The predicted molar refractivity (Wildman–Crippen MR) is 53.5 cm³/mol. The highest BCUT2D eigenvalue weighted by Gasteiger charge is 2.01. The minimum absolute atomic E-state index is 0.649. The molecule has 0 aliphatic carbocycles. The first-order chi connectivity index (χ1) is 5.68. The van der Waals surface area contributed by atoms with Crippen LogP contribution < -0.4 is 0 Å². The van der Waals surface area contributed by atoms with E-state index in [-0.39, 0.29) is 0 Å². The summed E-state index contributed by atoms with van der Waals surface area (Å²) in [6, 6.07) is 0.649. The maximum atomic E-state index is 5.39. The summed E-state index contributed by atoms with van der Waals surface area (Å²) in [5.74, 6) is 0. The first kappa shape index (κ1) is 11.9. The minimum atomic E-state index is 0.649. The van der Waals surface area contributed by atoms with E-state index in [1.165, 1.54) is 0 Å². The summed E-state index contributed by atoms with van der Waals surface area (Å²) in [5.41, 5.74) is 0. The Morgan fingerprint density at radius 1 is 1.25 bits per heavy atom. The molecular weight excluding hydrogens is 150 g/mol. The maximum absolute atomic E-state index is 5.39. The molecule has 0 atom stereocenters. The lowest BCUT2D eigenvalue weighted by atomic mass is 10.3. The van der Waals surface area contributed by atoms with Gasteiger partial charge < -0.3 is 9.64 Å². The molecule has 0 aliphatic heterocycles. The van der Waals surface area contributed by atoms with Crippen molar-refractivity contribution in [3.8, 4) is 0 Å². The average Bonchev–Trinajstić information content (AvgIpc) is 2.03. The van der Waals surface area contributed by atoms with Crippen LogP contribution in [-0.4, -0.2) is 37.7 Å². The van der Waals surface area contributed by atoms with Crippen molar-refractivity contribution in [2.75, 3.05) is 26.8 Å². The van der Waals surface area contributed by atoms with E-state index in [1.807, 2.05) is 0 Å². The van der Waals surface area contributed by atoms with E-state index >= 15 is 0 Å². The maximum Gasteiger partial charge on any atom is 0.0478 e. The van der Waals surface area contributed by atoms with Gasteiger partial charge in [-0.1, -0.05) is 6.92 Å². The van der Waals surface area contributed by atoms with Crippen molar-refractivity contribution in [2.45, 2.75) is 39.7 Å². The number of nitrogens with zero attached hydrogens (tertiary/aromatic N) is 1. The highest BCUT2D eigenvalue weighted by molar-refractivity contribution is 4.55. The molecule has 0 saturated heterocycles. The van der Waals surface area contributed by atoms with Gasteiger partial charge in [0.25, 0.3) is 0 Å². The largest absolute Gasteiger partial charge is 0.381 e. The number of hydrogen-bond donors (Lipinski definition) is 0. The van der Waals surface area contributed by atoms with Crippen molar-refractivity contribution in [2.24, 2.45) is 0 Å². The van der Waals surface area contributed by atoms with Crippen molar-refractivity contribution in [3.05, 3.63) is 0 Å². The lowest BCUT2D eigenvalue weighted by molar-refractivity contribution is 0.121. The molecule has 0 saturated carbocycles. The van der Waals surface area contributed by atoms with Gasteiger partial charge in [0.15, 0.2) is 0 Å². The topological polar surface area (TPSA) is 12.5 Å². The molecule has 0 radical (unpaired) electrons.